The monoisotopic (exact) mass is 436 g/mol. The minimum absolute atomic E-state index is 0.0231. The predicted octanol–water partition coefficient (Wildman–Crippen LogP) is 3.16. The topological polar surface area (TPSA) is 78.5 Å². The fourth-order valence-electron chi connectivity index (χ4n) is 2.36. The Morgan fingerprint density at radius 3 is 2.77 bits per heavy atom. The van der Waals surface area contributed by atoms with Gasteiger partial charge in [-0.25, -0.2) is 0 Å². The van der Waals surface area contributed by atoms with E-state index in [9.17, 15) is 9.59 Å². The third-order valence-corrected chi connectivity index (χ3v) is 5.25. The summed E-state index contributed by atoms with van der Waals surface area (Å²) in [6.07, 6.45) is 1.75. The zero-order chi connectivity index (χ0) is 18.8. The van der Waals surface area contributed by atoms with Crippen LogP contribution in [0.4, 0.5) is 0 Å². The molecule has 0 atom stereocenters. The number of methoxy groups -OCH3 is 1. The van der Waals surface area contributed by atoms with Crippen molar-refractivity contribution in [3.63, 3.8) is 0 Å². The lowest BCUT2D eigenvalue weighted by Gasteiger charge is -2.04. The molecule has 0 aliphatic heterocycles. The lowest BCUT2D eigenvalue weighted by molar-refractivity contribution is -0.141. The zero-order valence-corrected chi connectivity index (χ0v) is 16.9. The zero-order valence-electron chi connectivity index (χ0n) is 14.5. The van der Waals surface area contributed by atoms with Crippen molar-refractivity contribution in [2.45, 2.75) is 26.4 Å². The quantitative estimate of drug-likeness (QED) is 0.588. The number of aromatic nitrogens is 3. The number of esters is 1. The van der Waals surface area contributed by atoms with Gasteiger partial charge in [0.05, 0.1) is 17.3 Å². The van der Waals surface area contributed by atoms with Crippen LogP contribution >= 0.6 is 27.3 Å². The number of hydrogen-bond acceptors (Lipinski definition) is 5. The number of hydrogen-bond donors (Lipinski definition) is 0. The Balaban J connectivity index is 2.09. The molecular formula is C17H17BrN4O3S. The van der Waals surface area contributed by atoms with Crippen LogP contribution in [-0.2, 0) is 16.1 Å². The molecule has 0 aliphatic rings. The first kappa shape index (κ1) is 18.5. The van der Waals surface area contributed by atoms with E-state index in [0.717, 1.165) is 14.7 Å². The number of fused-ring (bicyclic) bond motifs is 1. The highest BCUT2D eigenvalue weighted by molar-refractivity contribution is 9.10. The molecule has 1 amide bonds. The van der Waals surface area contributed by atoms with Crippen LogP contribution in [0, 0.1) is 0 Å². The van der Waals surface area contributed by atoms with Gasteiger partial charge in [-0.3, -0.25) is 14.3 Å². The molecule has 0 saturated heterocycles. The minimum atomic E-state index is -0.450. The molecule has 136 valence electrons. The average Bonchev–Trinajstić information content (AvgIpc) is 3.20. The minimum Gasteiger partial charge on any atom is -0.468 e. The number of carbonyl (C=O) groups excluding carboxylic acids is 2. The van der Waals surface area contributed by atoms with Gasteiger partial charge in [0.2, 0.25) is 0 Å². The Morgan fingerprint density at radius 1 is 1.35 bits per heavy atom. The van der Waals surface area contributed by atoms with Crippen molar-refractivity contribution in [1.29, 1.82) is 0 Å². The summed E-state index contributed by atoms with van der Waals surface area (Å²) in [6, 6.07) is 7.46. The van der Waals surface area contributed by atoms with E-state index in [1.54, 1.807) is 21.5 Å². The Morgan fingerprint density at radius 2 is 2.12 bits per heavy atom. The van der Waals surface area contributed by atoms with Crippen LogP contribution in [0.1, 0.15) is 30.4 Å². The fourth-order valence-corrected chi connectivity index (χ4v) is 3.94. The molecule has 0 fully saturated rings. The Kier molecular flexibility index (Phi) is 5.38. The first-order valence-corrected chi connectivity index (χ1v) is 9.50. The molecule has 0 saturated carbocycles. The van der Waals surface area contributed by atoms with E-state index >= 15 is 0 Å². The first-order chi connectivity index (χ1) is 12.4. The highest BCUT2D eigenvalue weighted by Crippen LogP contribution is 2.22. The standard InChI is InChI=1S/C17H17BrN4O3S/c1-10(2)22-7-6-12(20-22)16(24)19-17-21(9-15(23)25-3)13-5-4-11(18)8-14(13)26-17/h4-8,10H,9H2,1-3H3. The van der Waals surface area contributed by atoms with Crippen molar-refractivity contribution >= 4 is 49.4 Å². The second kappa shape index (κ2) is 7.55. The van der Waals surface area contributed by atoms with Gasteiger partial charge in [0, 0.05) is 16.7 Å². The third-order valence-electron chi connectivity index (χ3n) is 3.71. The number of carbonyl (C=O) groups is 2. The maximum atomic E-state index is 12.5. The van der Waals surface area contributed by atoms with Crippen LogP contribution in [-0.4, -0.2) is 33.3 Å². The van der Waals surface area contributed by atoms with Crippen LogP contribution in [0.2, 0.25) is 0 Å². The normalized spacial score (nSPS) is 12.1. The second-order valence-corrected chi connectivity index (χ2v) is 7.78. The SMILES string of the molecule is COC(=O)Cn1c(=NC(=O)c2ccn(C(C)C)n2)sc2cc(Br)ccc21. The molecule has 0 spiro atoms. The maximum absolute atomic E-state index is 12.5. The predicted molar refractivity (Wildman–Crippen MR) is 102 cm³/mol. The van der Waals surface area contributed by atoms with Gasteiger partial charge in [-0.05, 0) is 38.1 Å². The number of thiazole rings is 1. The number of ether oxygens (including phenoxy) is 1. The van der Waals surface area contributed by atoms with Gasteiger partial charge in [0.1, 0.15) is 6.54 Å². The van der Waals surface area contributed by atoms with Gasteiger partial charge in [0.25, 0.3) is 5.91 Å². The highest BCUT2D eigenvalue weighted by Gasteiger charge is 2.14. The van der Waals surface area contributed by atoms with Gasteiger partial charge >= 0.3 is 5.97 Å². The Hall–Kier alpha value is -2.26. The molecule has 0 radical (unpaired) electrons. The molecule has 0 unspecified atom stereocenters. The summed E-state index contributed by atoms with van der Waals surface area (Å²) in [5, 5.41) is 4.25. The van der Waals surface area contributed by atoms with Crippen molar-refractivity contribution in [3.05, 3.63) is 45.4 Å². The molecule has 2 aromatic heterocycles. The summed E-state index contributed by atoms with van der Waals surface area (Å²) in [7, 11) is 1.33. The molecule has 3 rings (SSSR count). The molecule has 7 nitrogen and oxygen atoms in total. The van der Waals surface area contributed by atoms with Crippen molar-refractivity contribution in [2.24, 2.45) is 4.99 Å². The fraction of sp³-hybridized carbons (Fsp3) is 0.294. The highest BCUT2D eigenvalue weighted by atomic mass is 79.9. The van der Waals surface area contributed by atoms with Crippen molar-refractivity contribution in [2.75, 3.05) is 7.11 Å². The van der Waals surface area contributed by atoms with E-state index < -0.39 is 11.9 Å². The van der Waals surface area contributed by atoms with Gasteiger partial charge in [0.15, 0.2) is 10.5 Å². The van der Waals surface area contributed by atoms with Gasteiger partial charge in [-0.2, -0.15) is 10.1 Å². The Bertz CT molecular complexity index is 1050. The van der Waals surface area contributed by atoms with Gasteiger partial charge < -0.3 is 9.30 Å². The van der Waals surface area contributed by atoms with Crippen molar-refractivity contribution in [3.8, 4) is 0 Å². The maximum Gasteiger partial charge on any atom is 0.325 e. The van der Waals surface area contributed by atoms with Crippen molar-refractivity contribution < 1.29 is 14.3 Å². The third kappa shape index (κ3) is 3.78. The average molecular weight is 437 g/mol. The number of amides is 1. The number of nitrogens with zero attached hydrogens (tertiary/aromatic N) is 4. The first-order valence-electron chi connectivity index (χ1n) is 7.89. The lowest BCUT2D eigenvalue weighted by atomic mass is 10.3. The number of benzene rings is 1. The molecule has 0 bridgehead atoms. The van der Waals surface area contributed by atoms with E-state index in [0.29, 0.717) is 4.80 Å². The largest absolute Gasteiger partial charge is 0.468 e. The Labute approximate surface area is 162 Å². The van der Waals surface area contributed by atoms with Crippen LogP contribution in [0.15, 0.2) is 39.9 Å². The molecule has 2 heterocycles. The van der Waals surface area contributed by atoms with Crippen LogP contribution in [0.25, 0.3) is 10.2 Å². The summed E-state index contributed by atoms with van der Waals surface area (Å²) < 4.78 is 9.95. The summed E-state index contributed by atoms with van der Waals surface area (Å²) >= 11 is 4.76. The number of rotatable bonds is 4. The van der Waals surface area contributed by atoms with Crippen LogP contribution < -0.4 is 4.80 Å². The molecule has 26 heavy (non-hydrogen) atoms. The second-order valence-electron chi connectivity index (χ2n) is 5.85. The number of halogens is 1. The van der Waals surface area contributed by atoms with E-state index in [4.69, 9.17) is 4.74 Å². The molecular weight excluding hydrogens is 420 g/mol. The van der Waals surface area contributed by atoms with Crippen LogP contribution in [0.3, 0.4) is 0 Å². The van der Waals surface area contributed by atoms with E-state index in [1.165, 1.54) is 18.4 Å². The summed E-state index contributed by atoms with van der Waals surface area (Å²) in [5.74, 6) is -0.862. The van der Waals surface area contributed by atoms with E-state index in [-0.39, 0.29) is 18.3 Å². The molecule has 3 aromatic rings. The van der Waals surface area contributed by atoms with Gasteiger partial charge in [-0.15, -0.1) is 0 Å². The molecule has 1 aromatic carbocycles. The molecule has 9 heteroatoms. The van der Waals surface area contributed by atoms with Crippen molar-refractivity contribution in [1.82, 2.24) is 14.3 Å². The molecule has 0 N–H and O–H groups in total. The summed E-state index contributed by atoms with van der Waals surface area (Å²) in [6.45, 7) is 3.93. The van der Waals surface area contributed by atoms with E-state index in [1.807, 2.05) is 32.0 Å². The summed E-state index contributed by atoms with van der Waals surface area (Å²) in [5.41, 5.74) is 1.07. The summed E-state index contributed by atoms with van der Waals surface area (Å²) in [4.78, 5) is 28.9. The lowest BCUT2D eigenvalue weighted by Crippen LogP contribution is -2.22. The molecule has 0 aliphatic carbocycles. The van der Waals surface area contributed by atoms with Crippen LogP contribution in [0.5, 0.6) is 0 Å². The van der Waals surface area contributed by atoms with Gasteiger partial charge in [-0.1, -0.05) is 27.3 Å². The van der Waals surface area contributed by atoms with E-state index in [2.05, 4.69) is 26.0 Å². The smallest absolute Gasteiger partial charge is 0.325 e.